The van der Waals surface area contributed by atoms with Gasteiger partial charge in [0.2, 0.25) is 0 Å². The monoisotopic (exact) mass is 576 g/mol. The normalized spacial score (nSPS) is 16.0. The third kappa shape index (κ3) is 6.09. The first-order valence-corrected chi connectivity index (χ1v) is 15.3. The van der Waals surface area contributed by atoms with Gasteiger partial charge in [-0.15, -0.1) is 0 Å². The minimum Gasteiger partial charge on any atom is -0.497 e. The number of nitrogens with one attached hydrogen (secondary N) is 1. The molecule has 1 amide bonds. The minimum atomic E-state index is -3.17. The molecule has 0 aliphatic carbocycles. The Morgan fingerprint density at radius 3 is 2.46 bits per heavy atom. The van der Waals surface area contributed by atoms with Crippen molar-refractivity contribution in [3.05, 3.63) is 71.4 Å². The quantitative estimate of drug-likeness (QED) is 0.218. The van der Waals surface area contributed by atoms with E-state index in [1.807, 2.05) is 31.2 Å². The maximum Gasteiger partial charge on any atom is 0.338 e. The third-order valence-corrected chi connectivity index (χ3v) is 8.88. The summed E-state index contributed by atoms with van der Waals surface area (Å²) >= 11 is 0. The van der Waals surface area contributed by atoms with Crippen LogP contribution in [-0.2, 0) is 14.6 Å². The number of aryl methyl sites for hydroxylation is 1. The molecule has 41 heavy (non-hydrogen) atoms. The molecule has 1 atom stereocenters. The lowest BCUT2D eigenvalue weighted by Gasteiger charge is -2.13. The SMILES string of the molecule is CCCCOC(=O)c1ccc(NC(=O)c2cc(-c3ccc(OC)cc3)nc3c2c(C)nn3C2CCS(=O)(=O)C2)cc1. The average Bonchev–Trinajstić information content (AvgIpc) is 3.51. The van der Waals surface area contributed by atoms with Gasteiger partial charge in [-0.05, 0) is 74.4 Å². The van der Waals surface area contributed by atoms with Crippen LogP contribution in [-0.4, -0.2) is 60.3 Å². The van der Waals surface area contributed by atoms with Crippen LogP contribution in [0.5, 0.6) is 5.75 Å². The summed E-state index contributed by atoms with van der Waals surface area (Å²) in [5.74, 6) is -0.0408. The molecular formula is C30H32N4O6S. The van der Waals surface area contributed by atoms with Crippen LogP contribution in [0.3, 0.4) is 0 Å². The molecule has 0 saturated carbocycles. The number of nitrogens with zero attached hydrogens (tertiary/aromatic N) is 3. The molecule has 0 radical (unpaired) electrons. The predicted octanol–water partition coefficient (Wildman–Crippen LogP) is 4.98. The number of carbonyl (C=O) groups excluding carboxylic acids is 2. The van der Waals surface area contributed by atoms with E-state index < -0.39 is 15.8 Å². The molecule has 1 aliphatic rings. The van der Waals surface area contributed by atoms with E-state index in [2.05, 4.69) is 10.4 Å². The molecule has 3 heterocycles. The Balaban J connectivity index is 1.51. The number of rotatable bonds is 9. The van der Waals surface area contributed by atoms with Gasteiger partial charge in [0.05, 0.1) is 59.2 Å². The zero-order valence-corrected chi connectivity index (χ0v) is 24.0. The topological polar surface area (TPSA) is 129 Å². The van der Waals surface area contributed by atoms with Crippen LogP contribution in [0.1, 0.15) is 58.6 Å². The Morgan fingerprint density at radius 2 is 1.83 bits per heavy atom. The number of pyridine rings is 1. The average molecular weight is 577 g/mol. The van der Waals surface area contributed by atoms with Crippen LogP contribution < -0.4 is 10.1 Å². The van der Waals surface area contributed by atoms with Crippen molar-refractivity contribution in [1.82, 2.24) is 14.8 Å². The van der Waals surface area contributed by atoms with E-state index in [1.165, 1.54) is 0 Å². The van der Waals surface area contributed by atoms with E-state index in [0.717, 1.165) is 18.4 Å². The molecule has 2 aromatic carbocycles. The second-order valence-corrected chi connectivity index (χ2v) is 12.3. The Bertz CT molecular complexity index is 1700. The maximum absolute atomic E-state index is 13.7. The van der Waals surface area contributed by atoms with Crippen molar-refractivity contribution in [3.8, 4) is 17.0 Å². The number of carbonyl (C=O) groups is 2. The summed E-state index contributed by atoms with van der Waals surface area (Å²) in [5.41, 5.74) is 3.59. The first-order chi connectivity index (χ1) is 19.7. The predicted molar refractivity (Wildman–Crippen MR) is 156 cm³/mol. The molecule has 1 saturated heterocycles. The molecule has 0 spiro atoms. The summed E-state index contributed by atoms with van der Waals surface area (Å²) in [6.07, 6.45) is 2.16. The summed E-state index contributed by atoms with van der Waals surface area (Å²) in [7, 11) is -1.59. The maximum atomic E-state index is 13.7. The summed E-state index contributed by atoms with van der Waals surface area (Å²) in [6.45, 7) is 4.17. The fraction of sp³-hybridized carbons (Fsp3) is 0.333. The molecule has 10 nitrogen and oxygen atoms in total. The molecule has 5 rings (SSSR count). The van der Waals surface area contributed by atoms with Crippen LogP contribution in [0.4, 0.5) is 5.69 Å². The Hall–Kier alpha value is -4.25. The third-order valence-electron chi connectivity index (χ3n) is 7.13. The van der Waals surface area contributed by atoms with Gasteiger partial charge in [-0.3, -0.25) is 4.79 Å². The van der Waals surface area contributed by atoms with Gasteiger partial charge in [0.15, 0.2) is 15.5 Å². The van der Waals surface area contributed by atoms with Crippen LogP contribution >= 0.6 is 0 Å². The lowest BCUT2D eigenvalue weighted by atomic mass is 10.0. The van der Waals surface area contributed by atoms with Crippen molar-refractivity contribution in [2.24, 2.45) is 0 Å². The molecule has 1 N–H and O–H groups in total. The van der Waals surface area contributed by atoms with Gasteiger partial charge in [0.25, 0.3) is 5.91 Å². The lowest BCUT2D eigenvalue weighted by Crippen LogP contribution is -2.15. The molecule has 1 fully saturated rings. The van der Waals surface area contributed by atoms with Crippen molar-refractivity contribution in [1.29, 1.82) is 0 Å². The molecule has 214 valence electrons. The summed E-state index contributed by atoms with van der Waals surface area (Å²) < 4.78 is 36.7. The molecule has 0 bridgehead atoms. The number of anilines is 1. The van der Waals surface area contributed by atoms with E-state index in [0.29, 0.717) is 58.0 Å². The van der Waals surface area contributed by atoms with Gasteiger partial charge in [-0.25, -0.2) is 22.9 Å². The highest BCUT2D eigenvalue weighted by molar-refractivity contribution is 7.91. The van der Waals surface area contributed by atoms with Crippen LogP contribution in [0, 0.1) is 6.92 Å². The Labute approximate surface area is 238 Å². The highest BCUT2D eigenvalue weighted by Crippen LogP contribution is 2.33. The van der Waals surface area contributed by atoms with E-state index in [4.69, 9.17) is 14.5 Å². The number of hydrogen-bond acceptors (Lipinski definition) is 8. The number of unbranched alkanes of at least 4 members (excludes halogenated alkanes) is 1. The fourth-order valence-electron chi connectivity index (χ4n) is 4.91. The number of fused-ring (bicyclic) bond motifs is 1. The zero-order chi connectivity index (χ0) is 29.1. The first-order valence-electron chi connectivity index (χ1n) is 13.5. The van der Waals surface area contributed by atoms with E-state index in [1.54, 1.807) is 49.0 Å². The Morgan fingerprint density at radius 1 is 1.10 bits per heavy atom. The number of esters is 1. The van der Waals surface area contributed by atoms with Crippen LogP contribution in [0.25, 0.3) is 22.3 Å². The van der Waals surface area contributed by atoms with Crippen molar-refractivity contribution in [2.75, 3.05) is 30.5 Å². The minimum absolute atomic E-state index is 0.0214. The molecule has 2 aromatic heterocycles. The number of benzene rings is 2. The molecule has 1 unspecified atom stereocenters. The molecular weight excluding hydrogens is 544 g/mol. The number of ether oxygens (including phenoxy) is 2. The Kier molecular flexibility index (Phi) is 8.07. The molecule has 1 aliphatic heterocycles. The fourth-order valence-corrected chi connectivity index (χ4v) is 6.60. The number of sulfone groups is 1. The molecule has 11 heteroatoms. The number of aromatic nitrogens is 3. The summed E-state index contributed by atoms with van der Waals surface area (Å²) in [6, 6.07) is 15.2. The summed E-state index contributed by atoms with van der Waals surface area (Å²) in [4.78, 5) is 30.8. The highest BCUT2D eigenvalue weighted by Gasteiger charge is 2.32. The van der Waals surface area contributed by atoms with Gasteiger partial charge in [-0.1, -0.05) is 13.3 Å². The lowest BCUT2D eigenvalue weighted by molar-refractivity contribution is 0.0499. The van der Waals surface area contributed by atoms with Gasteiger partial charge < -0.3 is 14.8 Å². The number of amides is 1. The van der Waals surface area contributed by atoms with Crippen molar-refractivity contribution in [2.45, 2.75) is 39.2 Å². The summed E-state index contributed by atoms with van der Waals surface area (Å²) in [5, 5.41) is 8.12. The number of hydrogen-bond donors (Lipinski definition) is 1. The van der Waals surface area contributed by atoms with Crippen molar-refractivity contribution in [3.63, 3.8) is 0 Å². The van der Waals surface area contributed by atoms with Crippen molar-refractivity contribution >= 4 is 38.4 Å². The van der Waals surface area contributed by atoms with Crippen LogP contribution in [0.15, 0.2) is 54.6 Å². The first kappa shape index (κ1) is 28.3. The second-order valence-electron chi connectivity index (χ2n) is 10.1. The van der Waals surface area contributed by atoms with Gasteiger partial charge in [0.1, 0.15) is 5.75 Å². The van der Waals surface area contributed by atoms with Gasteiger partial charge in [-0.2, -0.15) is 5.10 Å². The standard InChI is InChI=1S/C30H32N4O6S/c1-4-5-15-40-30(36)21-6-10-22(11-7-21)31-29(35)25-17-26(20-8-12-24(39-3)13-9-20)32-28-27(25)19(2)33-34(28)23-14-16-41(37,38)18-23/h6-13,17,23H,4-5,14-16,18H2,1-3H3,(H,31,35). The van der Waals surface area contributed by atoms with Gasteiger partial charge in [0, 0.05) is 11.3 Å². The van der Waals surface area contributed by atoms with Gasteiger partial charge >= 0.3 is 5.97 Å². The molecule has 4 aromatic rings. The largest absolute Gasteiger partial charge is 0.497 e. The zero-order valence-electron chi connectivity index (χ0n) is 23.2. The van der Waals surface area contributed by atoms with Crippen molar-refractivity contribution < 1.29 is 27.5 Å². The smallest absolute Gasteiger partial charge is 0.338 e. The second kappa shape index (κ2) is 11.7. The van der Waals surface area contributed by atoms with Crippen LogP contribution in [0.2, 0.25) is 0 Å². The van der Waals surface area contributed by atoms with E-state index in [-0.39, 0.29) is 23.5 Å². The highest BCUT2D eigenvalue weighted by atomic mass is 32.2. The van der Waals surface area contributed by atoms with E-state index >= 15 is 0 Å². The number of methoxy groups -OCH3 is 1. The van der Waals surface area contributed by atoms with E-state index in [9.17, 15) is 18.0 Å².